The van der Waals surface area contributed by atoms with E-state index in [2.05, 4.69) is 17.8 Å². The number of nitrogens with one attached hydrogen (secondary N) is 2. The highest BCUT2D eigenvalue weighted by atomic mass is 15.3. The highest BCUT2D eigenvalue weighted by Gasteiger charge is 1.86. The van der Waals surface area contributed by atoms with Crippen LogP contribution in [0.25, 0.3) is 0 Å². The van der Waals surface area contributed by atoms with Gasteiger partial charge in [0.05, 0.1) is 0 Å². The molecule has 0 radical (unpaired) electrons. The van der Waals surface area contributed by atoms with Crippen LogP contribution in [0.4, 0.5) is 0 Å². The molecule has 0 atom stereocenters. The molecule has 0 aromatic rings. The molecule has 0 aliphatic rings. The molecule has 62 valence electrons. The van der Waals surface area contributed by atoms with Gasteiger partial charge in [0.25, 0.3) is 0 Å². The first-order valence-electron chi connectivity index (χ1n) is 4.31. The summed E-state index contributed by atoms with van der Waals surface area (Å²) in [5.41, 5.74) is 5.98. The number of hydrazine groups is 1. The summed E-state index contributed by atoms with van der Waals surface area (Å²) in [6.07, 6.45) is 6.77. The summed E-state index contributed by atoms with van der Waals surface area (Å²) in [4.78, 5) is 0. The SMILES string of the molecule is CCCCCCCNNC. The first-order chi connectivity index (χ1) is 4.91. The fraction of sp³-hybridized carbons (Fsp3) is 1.00. The van der Waals surface area contributed by atoms with E-state index in [0.717, 1.165) is 6.54 Å². The largest absolute Gasteiger partial charge is 0.261 e. The van der Waals surface area contributed by atoms with Crippen molar-refractivity contribution >= 4 is 0 Å². The van der Waals surface area contributed by atoms with Gasteiger partial charge in [-0.2, -0.15) is 0 Å². The monoisotopic (exact) mass is 144 g/mol. The molecule has 0 aromatic carbocycles. The van der Waals surface area contributed by atoms with Gasteiger partial charge < -0.3 is 0 Å². The van der Waals surface area contributed by atoms with Crippen molar-refractivity contribution in [3.63, 3.8) is 0 Å². The zero-order valence-corrected chi connectivity index (χ0v) is 7.24. The van der Waals surface area contributed by atoms with Gasteiger partial charge in [-0.1, -0.05) is 32.6 Å². The number of hydrogen-bond acceptors (Lipinski definition) is 2. The van der Waals surface area contributed by atoms with E-state index in [9.17, 15) is 0 Å². The molecule has 0 unspecified atom stereocenters. The Morgan fingerprint density at radius 2 is 1.70 bits per heavy atom. The molecule has 2 heteroatoms. The standard InChI is InChI=1S/C8H20N2/c1-3-4-5-6-7-8-10-9-2/h9-10H,3-8H2,1-2H3. The van der Waals surface area contributed by atoms with Crippen molar-refractivity contribution in [2.24, 2.45) is 0 Å². The topological polar surface area (TPSA) is 24.1 Å². The third kappa shape index (κ3) is 7.92. The van der Waals surface area contributed by atoms with Gasteiger partial charge in [0, 0.05) is 6.54 Å². The van der Waals surface area contributed by atoms with E-state index in [-0.39, 0.29) is 0 Å². The Morgan fingerprint density at radius 1 is 1.00 bits per heavy atom. The van der Waals surface area contributed by atoms with Crippen molar-refractivity contribution in [3.05, 3.63) is 0 Å². The molecule has 0 fully saturated rings. The summed E-state index contributed by atoms with van der Waals surface area (Å²) >= 11 is 0. The summed E-state index contributed by atoms with van der Waals surface area (Å²) in [6.45, 7) is 3.34. The van der Waals surface area contributed by atoms with Crippen LogP contribution in [0.1, 0.15) is 39.0 Å². The van der Waals surface area contributed by atoms with E-state index < -0.39 is 0 Å². The van der Waals surface area contributed by atoms with Crippen LogP contribution in [0, 0.1) is 0 Å². The molecule has 0 spiro atoms. The third-order valence-corrected chi connectivity index (χ3v) is 1.58. The highest BCUT2D eigenvalue weighted by molar-refractivity contribution is 4.43. The molecule has 2 nitrogen and oxygen atoms in total. The Kier molecular flexibility index (Phi) is 8.85. The summed E-state index contributed by atoms with van der Waals surface area (Å²) in [7, 11) is 1.91. The van der Waals surface area contributed by atoms with E-state index in [1.54, 1.807) is 0 Å². The van der Waals surface area contributed by atoms with Crippen molar-refractivity contribution in [3.8, 4) is 0 Å². The van der Waals surface area contributed by atoms with Gasteiger partial charge in [0.15, 0.2) is 0 Å². The second-order valence-corrected chi connectivity index (χ2v) is 2.59. The van der Waals surface area contributed by atoms with Crippen LogP contribution >= 0.6 is 0 Å². The number of rotatable bonds is 7. The zero-order chi connectivity index (χ0) is 7.66. The van der Waals surface area contributed by atoms with Crippen LogP contribution in [0.5, 0.6) is 0 Å². The maximum Gasteiger partial charge on any atom is 0.00996 e. The average molecular weight is 144 g/mol. The second-order valence-electron chi connectivity index (χ2n) is 2.59. The average Bonchev–Trinajstić information content (AvgIpc) is 1.97. The van der Waals surface area contributed by atoms with E-state index in [0.29, 0.717) is 0 Å². The molecule has 0 rings (SSSR count). The predicted molar refractivity (Wildman–Crippen MR) is 45.8 cm³/mol. The lowest BCUT2D eigenvalue weighted by Crippen LogP contribution is -2.28. The third-order valence-electron chi connectivity index (χ3n) is 1.58. The summed E-state index contributed by atoms with van der Waals surface area (Å²) in [5.74, 6) is 0. The van der Waals surface area contributed by atoms with E-state index in [1.165, 1.54) is 32.1 Å². The molecule has 0 saturated heterocycles. The molecule has 0 saturated carbocycles. The molecule has 0 aromatic heterocycles. The van der Waals surface area contributed by atoms with Gasteiger partial charge in [-0.05, 0) is 13.5 Å². The minimum atomic E-state index is 1.10. The summed E-state index contributed by atoms with van der Waals surface area (Å²) in [6, 6.07) is 0. The van der Waals surface area contributed by atoms with Crippen molar-refractivity contribution in [2.45, 2.75) is 39.0 Å². The molecule has 0 amide bonds. The van der Waals surface area contributed by atoms with Crippen molar-refractivity contribution < 1.29 is 0 Å². The van der Waals surface area contributed by atoms with Crippen LogP contribution in [0.15, 0.2) is 0 Å². The maximum atomic E-state index is 3.08. The molecular weight excluding hydrogens is 124 g/mol. The lowest BCUT2D eigenvalue weighted by atomic mass is 10.2. The quantitative estimate of drug-likeness (QED) is 0.419. The second kappa shape index (κ2) is 8.92. The van der Waals surface area contributed by atoms with Gasteiger partial charge in [-0.3, -0.25) is 10.9 Å². The van der Waals surface area contributed by atoms with Crippen LogP contribution in [0.2, 0.25) is 0 Å². The molecule has 2 N–H and O–H groups in total. The lowest BCUT2D eigenvalue weighted by molar-refractivity contribution is 0.541. The lowest BCUT2D eigenvalue weighted by Gasteiger charge is -2.00. The fourth-order valence-corrected chi connectivity index (χ4v) is 0.942. The summed E-state index contributed by atoms with van der Waals surface area (Å²) in [5, 5.41) is 0. The van der Waals surface area contributed by atoms with Gasteiger partial charge in [0.2, 0.25) is 0 Å². The van der Waals surface area contributed by atoms with E-state index in [1.807, 2.05) is 7.05 Å². The Bertz CT molecular complexity index is 47.2. The normalized spacial score (nSPS) is 10.2. The Morgan fingerprint density at radius 3 is 2.30 bits per heavy atom. The molecule has 0 aliphatic heterocycles. The molecular formula is C8H20N2. The van der Waals surface area contributed by atoms with Crippen LogP contribution in [0.3, 0.4) is 0 Å². The fourth-order valence-electron chi connectivity index (χ4n) is 0.942. The molecule has 0 aliphatic carbocycles. The smallest absolute Gasteiger partial charge is 0.00996 e. The first-order valence-corrected chi connectivity index (χ1v) is 4.31. The molecule has 0 bridgehead atoms. The van der Waals surface area contributed by atoms with Crippen molar-refractivity contribution in [2.75, 3.05) is 13.6 Å². The minimum Gasteiger partial charge on any atom is -0.261 e. The van der Waals surface area contributed by atoms with Gasteiger partial charge in [-0.15, -0.1) is 0 Å². The number of hydrogen-bond donors (Lipinski definition) is 2. The van der Waals surface area contributed by atoms with E-state index in [4.69, 9.17) is 0 Å². The molecule has 0 heterocycles. The van der Waals surface area contributed by atoms with Crippen molar-refractivity contribution in [1.29, 1.82) is 0 Å². The minimum absolute atomic E-state index is 1.10. The van der Waals surface area contributed by atoms with Crippen LogP contribution in [-0.2, 0) is 0 Å². The maximum absolute atomic E-state index is 3.08. The number of unbranched alkanes of at least 4 members (excludes halogenated alkanes) is 4. The predicted octanol–water partition coefficient (Wildman–Crippen LogP) is 1.68. The Labute approximate surface area is 64.4 Å². The molecule has 10 heavy (non-hydrogen) atoms. The van der Waals surface area contributed by atoms with Gasteiger partial charge in [0.1, 0.15) is 0 Å². The Balaban J connectivity index is 2.65. The zero-order valence-electron chi connectivity index (χ0n) is 7.24. The highest BCUT2D eigenvalue weighted by Crippen LogP contribution is 2.00. The van der Waals surface area contributed by atoms with Gasteiger partial charge in [-0.25, -0.2) is 0 Å². The van der Waals surface area contributed by atoms with Crippen LogP contribution < -0.4 is 10.9 Å². The van der Waals surface area contributed by atoms with Crippen molar-refractivity contribution in [1.82, 2.24) is 10.9 Å². The van der Waals surface area contributed by atoms with Gasteiger partial charge >= 0.3 is 0 Å². The Hall–Kier alpha value is -0.0800. The first kappa shape index (κ1) is 9.92. The van der Waals surface area contributed by atoms with E-state index >= 15 is 0 Å². The van der Waals surface area contributed by atoms with Crippen LogP contribution in [-0.4, -0.2) is 13.6 Å². The summed E-state index contributed by atoms with van der Waals surface area (Å²) < 4.78 is 0.